The zero-order valence-electron chi connectivity index (χ0n) is 11.0. The molecule has 0 aliphatic carbocycles. The van der Waals surface area contributed by atoms with Gasteiger partial charge in [0.25, 0.3) is 0 Å². The van der Waals surface area contributed by atoms with E-state index in [1.165, 1.54) is 4.88 Å². The number of amides is 1. The van der Waals surface area contributed by atoms with Crippen LogP contribution < -0.4 is 10.6 Å². The van der Waals surface area contributed by atoms with E-state index in [9.17, 15) is 4.79 Å². The minimum absolute atomic E-state index is 0.0558. The van der Waals surface area contributed by atoms with Crippen LogP contribution in [0.15, 0.2) is 17.5 Å². The first kappa shape index (κ1) is 14.2. The van der Waals surface area contributed by atoms with Gasteiger partial charge in [-0.2, -0.15) is 0 Å². The number of thiophene rings is 1. The van der Waals surface area contributed by atoms with Crippen molar-refractivity contribution < 1.29 is 4.79 Å². The number of carbonyl (C=O) groups is 1. The molecule has 0 fully saturated rings. The lowest BCUT2D eigenvalue weighted by molar-refractivity contribution is -0.121. The molecule has 1 aromatic rings. The molecule has 0 saturated carbocycles. The Morgan fingerprint density at radius 1 is 1.53 bits per heavy atom. The Morgan fingerprint density at radius 3 is 2.76 bits per heavy atom. The summed E-state index contributed by atoms with van der Waals surface area (Å²) < 4.78 is 0. The highest BCUT2D eigenvalue weighted by Gasteiger charge is 2.18. The normalized spacial score (nSPS) is 13.4. The molecular formula is C13H22N2OS. The van der Waals surface area contributed by atoms with Gasteiger partial charge in [-0.15, -0.1) is 11.3 Å². The molecule has 1 aromatic heterocycles. The predicted octanol–water partition coefficient (Wildman–Crippen LogP) is 2.70. The second kappa shape index (κ2) is 6.17. The van der Waals surface area contributed by atoms with Crippen LogP contribution in [0.3, 0.4) is 0 Å². The smallest absolute Gasteiger partial charge is 0.234 e. The molecule has 0 aromatic carbocycles. The highest BCUT2D eigenvalue weighted by molar-refractivity contribution is 7.10. The van der Waals surface area contributed by atoms with Gasteiger partial charge in [0.15, 0.2) is 0 Å². The van der Waals surface area contributed by atoms with E-state index < -0.39 is 0 Å². The molecule has 0 aliphatic rings. The first-order valence-electron chi connectivity index (χ1n) is 6.02. The lowest BCUT2D eigenvalue weighted by atomic mass is 10.0. The minimum Gasteiger partial charge on any atom is -0.350 e. The van der Waals surface area contributed by atoms with Crippen LogP contribution in [-0.4, -0.2) is 18.0 Å². The molecule has 2 N–H and O–H groups in total. The van der Waals surface area contributed by atoms with Crippen molar-refractivity contribution in [3.05, 3.63) is 22.4 Å². The van der Waals surface area contributed by atoms with Crippen LogP contribution in [0.25, 0.3) is 0 Å². The van der Waals surface area contributed by atoms with E-state index in [0.29, 0.717) is 6.54 Å². The summed E-state index contributed by atoms with van der Waals surface area (Å²) in [6, 6.07) is 4.33. The lowest BCUT2D eigenvalue weighted by Gasteiger charge is -2.25. The fourth-order valence-corrected chi connectivity index (χ4v) is 2.15. The summed E-state index contributed by atoms with van der Waals surface area (Å²) in [4.78, 5) is 13.0. The highest BCUT2D eigenvalue weighted by Crippen LogP contribution is 2.17. The van der Waals surface area contributed by atoms with Crippen molar-refractivity contribution in [3.63, 3.8) is 0 Å². The minimum atomic E-state index is -0.120. The van der Waals surface area contributed by atoms with Crippen molar-refractivity contribution in [2.45, 2.75) is 45.7 Å². The fraction of sp³-hybridized carbons (Fsp3) is 0.615. The van der Waals surface area contributed by atoms with Gasteiger partial charge in [0, 0.05) is 16.5 Å². The van der Waals surface area contributed by atoms with Crippen LogP contribution in [0, 0.1) is 0 Å². The average molecular weight is 254 g/mol. The number of hydrogen-bond donors (Lipinski definition) is 2. The predicted molar refractivity (Wildman–Crippen MR) is 73.2 cm³/mol. The third-order valence-corrected chi connectivity index (χ3v) is 3.96. The van der Waals surface area contributed by atoms with Gasteiger partial charge in [0.1, 0.15) is 0 Å². The largest absolute Gasteiger partial charge is 0.350 e. The molecule has 96 valence electrons. The van der Waals surface area contributed by atoms with E-state index in [-0.39, 0.29) is 17.5 Å². The Balaban J connectivity index is 2.34. The zero-order chi connectivity index (χ0) is 12.9. The average Bonchev–Trinajstić information content (AvgIpc) is 2.78. The molecule has 0 spiro atoms. The van der Waals surface area contributed by atoms with E-state index in [1.54, 1.807) is 11.3 Å². The maximum absolute atomic E-state index is 11.7. The van der Waals surface area contributed by atoms with Gasteiger partial charge in [-0.1, -0.05) is 13.0 Å². The molecule has 0 unspecified atom stereocenters. The van der Waals surface area contributed by atoms with Gasteiger partial charge in [-0.25, -0.2) is 0 Å². The van der Waals surface area contributed by atoms with Crippen LogP contribution in [0.2, 0.25) is 0 Å². The first-order chi connectivity index (χ1) is 7.94. The molecule has 4 heteroatoms. The molecule has 0 aliphatic heterocycles. The Labute approximate surface area is 108 Å². The SMILES string of the molecule is CCC(C)(C)NC(=O)CN[C@@H](C)c1cccs1. The maximum atomic E-state index is 11.7. The van der Waals surface area contributed by atoms with Crippen LogP contribution in [0.1, 0.15) is 45.0 Å². The second-order valence-corrected chi connectivity index (χ2v) is 5.88. The van der Waals surface area contributed by atoms with Gasteiger partial charge >= 0.3 is 0 Å². The van der Waals surface area contributed by atoms with Crippen molar-refractivity contribution in [2.24, 2.45) is 0 Å². The zero-order valence-corrected chi connectivity index (χ0v) is 11.9. The summed E-state index contributed by atoms with van der Waals surface area (Å²) >= 11 is 1.71. The molecule has 17 heavy (non-hydrogen) atoms. The van der Waals surface area contributed by atoms with Gasteiger partial charge < -0.3 is 10.6 Å². The molecule has 0 radical (unpaired) electrons. The summed E-state index contributed by atoms with van der Waals surface area (Å²) in [5.74, 6) is 0.0558. The molecule has 0 bridgehead atoms. The third kappa shape index (κ3) is 4.88. The van der Waals surface area contributed by atoms with Crippen LogP contribution in [0.5, 0.6) is 0 Å². The van der Waals surface area contributed by atoms with Crippen molar-refractivity contribution in [2.75, 3.05) is 6.54 Å². The molecule has 1 heterocycles. The Morgan fingerprint density at radius 2 is 2.24 bits per heavy atom. The van der Waals surface area contributed by atoms with E-state index in [0.717, 1.165) is 6.42 Å². The summed E-state index contributed by atoms with van der Waals surface area (Å²) in [5.41, 5.74) is -0.120. The Kier molecular flexibility index (Phi) is 5.15. The Bertz CT molecular complexity index is 346. The maximum Gasteiger partial charge on any atom is 0.234 e. The molecule has 1 rings (SSSR count). The van der Waals surface area contributed by atoms with E-state index in [1.807, 2.05) is 25.3 Å². The number of nitrogens with one attached hydrogen (secondary N) is 2. The molecule has 1 atom stereocenters. The second-order valence-electron chi connectivity index (χ2n) is 4.90. The van der Waals surface area contributed by atoms with E-state index >= 15 is 0 Å². The number of carbonyl (C=O) groups excluding carboxylic acids is 1. The molecule has 0 saturated heterocycles. The number of rotatable bonds is 6. The molecular weight excluding hydrogens is 232 g/mol. The van der Waals surface area contributed by atoms with Crippen LogP contribution in [0.4, 0.5) is 0 Å². The first-order valence-corrected chi connectivity index (χ1v) is 6.90. The molecule has 1 amide bonds. The quantitative estimate of drug-likeness (QED) is 0.819. The van der Waals surface area contributed by atoms with Gasteiger partial charge in [-0.05, 0) is 38.6 Å². The summed E-state index contributed by atoms with van der Waals surface area (Å²) in [6.45, 7) is 8.58. The summed E-state index contributed by atoms with van der Waals surface area (Å²) in [7, 11) is 0. The van der Waals surface area contributed by atoms with E-state index in [4.69, 9.17) is 0 Å². The highest BCUT2D eigenvalue weighted by atomic mass is 32.1. The van der Waals surface area contributed by atoms with Gasteiger partial charge in [-0.3, -0.25) is 4.79 Å². The lowest BCUT2D eigenvalue weighted by Crippen LogP contribution is -2.46. The summed E-state index contributed by atoms with van der Waals surface area (Å²) in [5, 5.41) is 8.29. The fourth-order valence-electron chi connectivity index (χ4n) is 1.39. The van der Waals surface area contributed by atoms with Crippen molar-refractivity contribution in [3.8, 4) is 0 Å². The Hall–Kier alpha value is -0.870. The molecule has 3 nitrogen and oxygen atoms in total. The van der Waals surface area contributed by atoms with Crippen molar-refractivity contribution in [1.29, 1.82) is 0 Å². The monoisotopic (exact) mass is 254 g/mol. The third-order valence-electron chi connectivity index (χ3n) is 2.90. The van der Waals surface area contributed by atoms with Gasteiger partial charge in [0.05, 0.1) is 6.54 Å². The topological polar surface area (TPSA) is 41.1 Å². The summed E-state index contributed by atoms with van der Waals surface area (Å²) in [6.07, 6.45) is 0.930. The van der Waals surface area contributed by atoms with Crippen LogP contribution >= 0.6 is 11.3 Å². The van der Waals surface area contributed by atoms with Crippen molar-refractivity contribution in [1.82, 2.24) is 10.6 Å². The van der Waals surface area contributed by atoms with Crippen LogP contribution in [-0.2, 0) is 4.79 Å². The van der Waals surface area contributed by atoms with Crippen molar-refractivity contribution >= 4 is 17.2 Å². The standard InChI is InChI=1S/C13H22N2OS/c1-5-13(3,4)15-12(16)9-14-10(2)11-7-6-8-17-11/h6-8,10,14H,5,9H2,1-4H3,(H,15,16)/t10-/m0/s1. The van der Waals surface area contributed by atoms with Gasteiger partial charge in [0.2, 0.25) is 5.91 Å². The van der Waals surface area contributed by atoms with E-state index in [2.05, 4.69) is 30.5 Å². The number of hydrogen-bond acceptors (Lipinski definition) is 3.